The Morgan fingerprint density at radius 3 is 2.50 bits per heavy atom. The van der Waals surface area contributed by atoms with Crippen molar-refractivity contribution in [1.29, 1.82) is 0 Å². The molecule has 28 heavy (non-hydrogen) atoms. The SMILES string of the molecule is COc1cccc(C(=O)NC[C@H](c2ccco2)S(=O)(=O)c2ccc(C)cc2)c1. The van der Waals surface area contributed by atoms with Gasteiger partial charge in [-0.25, -0.2) is 8.42 Å². The largest absolute Gasteiger partial charge is 0.497 e. The van der Waals surface area contributed by atoms with Crippen LogP contribution < -0.4 is 10.1 Å². The summed E-state index contributed by atoms with van der Waals surface area (Å²) in [6.07, 6.45) is 1.41. The fourth-order valence-corrected chi connectivity index (χ4v) is 4.37. The number of carbonyl (C=O) groups excluding carboxylic acids is 1. The molecule has 1 N–H and O–H groups in total. The average molecular weight is 399 g/mol. The van der Waals surface area contributed by atoms with Gasteiger partial charge < -0.3 is 14.5 Å². The summed E-state index contributed by atoms with van der Waals surface area (Å²) in [5.74, 6) is 0.420. The Morgan fingerprint density at radius 1 is 1.11 bits per heavy atom. The van der Waals surface area contributed by atoms with Crippen molar-refractivity contribution in [2.24, 2.45) is 0 Å². The third kappa shape index (κ3) is 4.26. The molecular formula is C21H21NO5S. The third-order valence-electron chi connectivity index (χ3n) is 4.36. The Kier molecular flexibility index (Phi) is 5.84. The van der Waals surface area contributed by atoms with Crippen molar-refractivity contribution < 1.29 is 22.4 Å². The number of hydrogen-bond donors (Lipinski definition) is 1. The molecule has 1 heterocycles. The van der Waals surface area contributed by atoms with Crippen LogP contribution in [0.2, 0.25) is 0 Å². The molecule has 7 heteroatoms. The van der Waals surface area contributed by atoms with E-state index in [1.54, 1.807) is 60.7 Å². The summed E-state index contributed by atoms with van der Waals surface area (Å²) >= 11 is 0. The Balaban J connectivity index is 1.85. The lowest BCUT2D eigenvalue weighted by atomic mass is 10.2. The molecule has 2 aromatic carbocycles. The Morgan fingerprint density at radius 2 is 1.86 bits per heavy atom. The summed E-state index contributed by atoms with van der Waals surface area (Å²) in [4.78, 5) is 12.7. The summed E-state index contributed by atoms with van der Waals surface area (Å²) in [6.45, 7) is 1.76. The van der Waals surface area contributed by atoms with Crippen LogP contribution in [0.5, 0.6) is 5.75 Å². The quantitative estimate of drug-likeness (QED) is 0.657. The van der Waals surface area contributed by atoms with E-state index in [-0.39, 0.29) is 17.2 Å². The van der Waals surface area contributed by atoms with Gasteiger partial charge >= 0.3 is 0 Å². The molecule has 0 fully saturated rings. The molecule has 1 aromatic heterocycles. The maximum atomic E-state index is 13.2. The van der Waals surface area contributed by atoms with Crippen LogP contribution in [0.1, 0.15) is 26.9 Å². The lowest BCUT2D eigenvalue weighted by molar-refractivity contribution is 0.0953. The summed E-state index contributed by atoms with van der Waals surface area (Å²) in [5.41, 5.74) is 1.34. The van der Waals surface area contributed by atoms with Crippen LogP contribution in [0, 0.1) is 6.92 Å². The summed E-state index contributed by atoms with van der Waals surface area (Å²) < 4.78 is 36.8. The summed E-state index contributed by atoms with van der Waals surface area (Å²) in [7, 11) is -2.25. The topological polar surface area (TPSA) is 85.6 Å². The zero-order valence-corrected chi connectivity index (χ0v) is 16.4. The minimum Gasteiger partial charge on any atom is -0.497 e. The van der Waals surface area contributed by atoms with Gasteiger partial charge in [-0.3, -0.25) is 4.79 Å². The van der Waals surface area contributed by atoms with Crippen molar-refractivity contribution in [2.45, 2.75) is 17.1 Å². The molecule has 0 spiro atoms. The van der Waals surface area contributed by atoms with Crippen molar-refractivity contribution in [3.8, 4) is 5.75 Å². The van der Waals surface area contributed by atoms with E-state index in [1.165, 1.54) is 13.4 Å². The van der Waals surface area contributed by atoms with Gasteiger partial charge in [0.15, 0.2) is 9.84 Å². The van der Waals surface area contributed by atoms with Crippen molar-refractivity contribution in [2.75, 3.05) is 13.7 Å². The van der Waals surface area contributed by atoms with E-state index in [0.717, 1.165) is 5.56 Å². The van der Waals surface area contributed by atoms with Gasteiger partial charge in [0.2, 0.25) is 0 Å². The molecule has 0 bridgehead atoms. The Hall–Kier alpha value is -3.06. The minimum absolute atomic E-state index is 0.125. The maximum Gasteiger partial charge on any atom is 0.251 e. The molecule has 1 atom stereocenters. The third-order valence-corrected chi connectivity index (χ3v) is 6.44. The van der Waals surface area contributed by atoms with Gasteiger partial charge in [-0.05, 0) is 49.4 Å². The fourth-order valence-electron chi connectivity index (χ4n) is 2.78. The van der Waals surface area contributed by atoms with Crippen LogP contribution in [-0.2, 0) is 9.84 Å². The molecule has 0 aliphatic carbocycles. The van der Waals surface area contributed by atoms with Gasteiger partial charge in [-0.15, -0.1) is 0 Å². The molecule has 0 saturated carbocycles. The highest BCUT2D eigenvalue weighted by molar-refractivity contribution is 7.91. The van der Waals surface area contributed by atoms with Gasteiger partial charge in [-0.2, -0.15) is 0 Å². The van der Waals surface area contributed by atoms with Crippen molar-refractivity contribution in [3.05, 3.63) is 83.8 Å². The van der Waals surface area contributed by atoms with Crippen molar-refractivity contribution in [3.63, 3.8) is 0 Å². The second-order valence-electron chi connectivity index (χ2n) is 6.30. The molecule has 0 aliphatic heterocycles. The van der Waals surface area contributed by atoms with Gasteiger partial charge in [0, 0.05) is 12.1 Å². The summed E-state index contributed by atoms with van der Waals surface area (Å²) in [5, 5.41) is 1.65. The van der Waals surface area contributed by atoms with Crippen molar-refractivity contribution >= 4 is 15.7 Å². The molecule has 0 saturated heterocycles. The van der Waals surface area contributed by atoms with E-state index in [9.17, 15) is 13.2 Å². The highest BCUT2D eigenvalue weighted by Crippen LogP contribution is 2.29. The van der Waals surface area contributed by atoms with Crippen molar-refractivity contribution in [1.82, 2.24) is 5.32 Å². The lowest BCUT2D eigenvalue weighted by Crippen LogP contribution is -2.31. The second kappa shape index (κ2) is 8.31. The minimum atomic E-state index is -3.76. The number of ether oxygens (including phenoxy) is 1. The number of rotatable bonds is 7. The first-order valence-electron chi connectivity index (χ1n) is 8.68. The molecule has 6 nitrogen and oxygen atoms in total. The maximum absolute atomic E-state index is 13.2. The number of methoxy groups -OCH3 is 1. The highest BCUT2D eigenvalue weighted by atomic mass is 32.2. The summed E-state index contributed by atoms with van der Waals surface area (Å²) in [6, 6.07) is 16.5. The predicted molar refractivity (Wildman–Crippen MR) is 105 cm³/mol. The second-order valence-corrected chi connectivity index (χ2v) is 8.43. The molecule has 3 rings (SSSR count). The number of sulfone groups is 1. The number of furan rings is 1. The fraction of sp³-hybridized carbons (Fsp3) is 0.190. The number of nitrogens with one attached hydrogen (secondary N) is 1. The average Bonchev–Trinajstić information content (AvgIpc) is 3.22. The van der Waals surface area contributed by atoms with E-state index in [4.69, 9.17) is 9.15 Å². The zero-order chi connectivity index (χ0) is 20.1. The van der Waals surface area contributed by atoms with Gasteiger partial charge in [0.05, 0.1) is 18.3 Å². The Labute approximate surface area is 164 Å². The molecule has 146 valence electrons. The molecule has 0 radical (unpaired) electrons. The number of benzene rings is 2. The highest BCUT2D eigenvalue weighted by Gasteiger charge is 2.32. The van der Waals surface area contributed by atoms with Crippen LogP contribution in [0.25, 0.3) is 0 Å². The van der Waals surface area contributed by atoms with E-state index in [2.05, 4.69) is 5.32 Å². The van der Waals surface area contributed by atoms with E-state index >= 15 is 0 Å². The van der Waals surface area contributed by atoms with E-state index in [0.29, 0.717) is 11.3 Å². The van der Waals surface area contributed by atoms with Crippen LogP contribution in [0.4, 0.5) is 0 Å². The first-order valence-corrected chi connectivity index (χ1v) is 10.2. The van der Waals surface area contributed by atoms with Gasteiger partial charge in [0.25, 0.3) is 5.91 Å². The lowest BCUT2D eigenvalue weighted by Gasteiger charge is -2.17. The predicted octanol–water partition coefficient (Wildman–Crippen LogP) is 3.54. The Bertz CT molecular complexity index is 1040. The number of amides is 1. The molecule has 0 unspecified atom stereocenters. The van der Waals surface area contributed by atoms with Crippen LogP contribution >= 0.6 is 0 Å². The molecule has 0 aliphatic rings. The normalized spacial score (nSPS) is 12.4. The van der Waals surface area contributed by atoms with Crippen LogP contribution in [-0.4, -0.2) is 28.0 Å². The first-order chi connectivity index (χ1) is 13.4. The number of carbonyl (C=O) groups is 1. The van der Waals surface area contributed by atoms with E-state index in [1.807, 2.05) is 6.92 Å². The zero-order valence-electron chi connectivity index (χ0n) is 15.6. The van der Waals surface area contributed by atoms with E-state index < -0.39 is 21.0 Å². The smallest absolute Gasteiger partial charge is 0.251 e. The van der Waals surface area contributed by atoms with Crippen LogP contribution in [0.15, 0.2) is 76.2 Å². The molecule has 1 amide bonds. The number of hydrogen-bond acceptors (Lipinski definition) is 5. The van der Waals surface area contributed by atoms with Gasteiger partial charge in [0.1, 0.15) is 16.8 Å². The first kappa shape index (κ1) is 19.7. The van der Waals surface area contributed by atoms with Crippen LogP contribution in [0.3, 0.4) is 0 Å². The van der Waals surface area contributed by atoms with Gasteiger partial charge in [-0.1, -0.05) is 23.8 Å². The molecular weight excluding hydrogens is 378 g/mol. The monoisotopic (exact) mass is 399 g/mol. The number of aryl methyl sites for hydroxylation is 1. The standard InChI is InChI=1S/C21H21NO5S/c1-15-8-10-18(11-9-15)28(24,25)20(19-7-4-12-27-19)14-22-21(23)16-5-3-6-17(13-16)26-2/h3-13,20H,14H2,1-2H3,(H,22,23)/t20-/m1/s1. The molecule has 3 aromatic rings.